The lowest BCUT2D eigenvalue weighted by Crippen LogP contribution is -1.97. The van der Waals surface area contributed by atoms with E-state index in [2.05, 4.69) is 4.98 Å². The van der Waals surface area contributed by atoms with Crippen LogP contribution in [0.4, 0.5) is 5.69 Å². The highest BCUT2D eigenvalue weighted by molar-refractivity contribution is 5.91. The Labute approximate surface area is 155 Å². The Morgan fingerprint density at radius 1 is 1.19 bits per heavy atom. The maximum atomic E-state index is 11.1. The maximum Gasteiger partial charge on any atom is 0.270 e. The van der Waals surface area contributed by atoms with Crippen LogP contribution in [-0.2, 0) is 0 Å². The van der Waals surface area contributed by atoms with Gasteiger partial charge in [0.15, 0.2) is 11.5 Å². The average Bonchev–Trinajstić information content (AvgIpc) is 3.07. The second-order valence-corrected chi connectivity index (χ2v) is 5.65. The molecule has 0 amide bonds. The van der Waals surface area contributed by atoms with Crippen LogP contribution in [0.3, 0.4) is 0 Å². The number of methoxy groups -OCH3 is 1. The molecule has 0 saturated heterocycles. The Balaban J connectivity index is 0.00000196. The van der Waals surface area contributed by atoms with Crippen LogP contribution in [0.1, 0.15) is 5.56 Å². The number of aryl methyl sites for hydroxylation is 1. The zero-order chi connectivity index (χ0) is 17.6. The zero-order valence-electron chi connectivity index (χ0n) is 14.0. The first-order valence-electron chi connectivity index (χ1n) is 7.61. The molecule has 0 unspecified atom stereocenters. The van der Waals surface area contributed by atoms with Gasteiger partial charge in [-0.1, -0.05) is 12.1 Å². The molecule has 0 fully saturated rings. The number of nitrogens with zero attached hydrogens (tertiary/aromatic N) is 2. The number of nitro benzene ring substituents is 1. The molecule has 0 radical (unpaired) electrons. The van der Waals surface area contributed by atoms with E-state index in [9.17, 15) is 10.1 Å². The predicted molar refractivity (Wildman–Crippen MR) is 98.5 cm³/mol. The lowest BCUT2D eigenvalue weighted by molar-refractivity contribution is -0.384. The second-order valence-electron chi connectivity index (χ2n) is 5.65. The van der Waals surface area contributed by atoms with Crippen molar-refractivity contribution in [2.45, 2.75) is 6.92 Å². The number of ether oxygens (including phenoxy) is 3. The summed E-state index contributed by atoms with van der Waals surface area (Å²) in [5, 5.41) is 12.0. The van der Waals surface area contributed by atoms with E-state index in [1.54, 1.807) is 19.2 Å². The number of fused-ring (bicyclic) bond motifs is 2. The van der Waals surface area contributed by atoms with Gasteiger partial charge >= 0.3 is 0 Å². The summed E-state index contributed by atoms with van der Waals surface area (Å²) >= 11 is 0. The van der Waals surface area contributed by atoms with Crippen LogP contribution < -0.4 is 14.2 Å². The molecule has 0 atom stereocenters. The first-order chi connectivity index (χ1) is 12.1. The van der Waals surface area contributed by atoms with Crippen LogP contribution >= 0.6 is 12.4 Å². The Morgan fingerprint density at radius 2 is 1.92 bits per heavy atom. The molecule has 0 N–H and O–H groups in total. The summed E-state index contributed by atoms with van der Waals surface area (Å²) in [6.07, 6.45) is 0. The fraction of sp³-hybridized carbons (Fsp3) is 0.167. The smallest absolute Gasteiger partial charge is 0.270 e. The predicted octanol–water partition coefficient (Wildman–Crippen LogP) is 4.28. The van der Waals surface area contributed by atoms with E-state index in [0.29, 0.717) is 34.0 Å². The van der Waals surface area contributed by atoms with E-state index in [1.165, 1.54) is 12.1 Å². The standard InChI is InChI=1S/C18H14N2O5.ClH/c1-10-13-7-15-16(25-9-24-15)8-14(13)19-17(18(10)23-2)11-4-3-5-12(6-11)20(21)22;/h3-8H,9H2,1-2H3;1H. The molecule has 26 heavy (non-hydrogen) atoms. The third-order valence-corrected chi connectivity index (χ3v) is 4.22. The summed E-state index contributed by atoms with van der Waals surface area (Å²) in [5.74, 6) is 1.88. The molecule has 4 rings (SSSR count). The topological polar surface area (TPSA) is 83.7 Å². The molecule has 2 heterocycles. The van der Waals surface area contributed by atoms with Crippen LogP contribution in [-0.4, -0.2) is 23.8 Å². The number of aromatic nitrogens is 1. The highest BCUT2D eigenvalue weighted by atomic mass is 35.5. The van der Waals surface area contributed by atoms with Crippen molar-refractivity contribution >= 4 is 29.0 Å². The number of hydrogen-bond donors (Lipinski definition) is 0. The molecule has 1 aromatic heterocycles. The Hall–Kier alpha value is -3.06. The van der Waals surface area contributed by atoms with Gasteiger partial charge in [-0.15, -0.1) is 12.4 Å². The van der Waals surface area contributed by atoms with Gasteiger partial charge in [-0.25, -0.2) is 4.98 Å². The van der Waals surface area contributed by atoms with Gasteiger partial charge < -0.3 is 14.2 Å². The molecule has 0 spiro atoms. The first kappa shape index (κ1) is 17.8. The van der Waals surface area contributed by atoms with Gasteiger partial charge in [-0.05, 0) is 13.0 Å². The number of hydrogen-bond acceptors (Lipinski definition) is 6. The average molecular weight is 375 g/mol. The van der Waals surface area contributed by atoms with Crippen molar-refractivity contribution < 1.29 is 19.1 Å². The van der Waals surface area contributed by atoms with Gasteiger partial charge in [0.25, 0.3) is 5.69 Å². The minimum absolute atomic E-state index is 0. The minimum Gasteiger partial charge on any atom is -0.494 e. The van der Waals surface area contributed by atoms with Gasteiger partial charge in [0.05, 0.1) is 17.5 Å². The first-order valence-corrected chi connectivity index (χ1v) is 7.61. The number of nitro groups is 1. The molecule has 2 aromatic carbocycles. The van der Waals surface area contributed by atoms with Crippen molar-refractivity contribution in [1.29, 1.82) is 0 Å². The summed E-state index contributed by atoms with van der Waals surface area (Å²) in [6, 6.07) is 10.0. The molecule has 7 nitrogen and oxygen atoms in total. The van der Waals surface area contributed by atoms with E-state index in [1.807, 2.05) is 19.1 Å². The van der Waals surface area contributed by atoms with E-state index >= 15 is 0 Å². The molecule has 3 aromatic rings. The normalized spacial score (nSPS) is 11.9. The Morgan fingerprint density at radius 3 is 2.62 bits per heavy atom. The molecule has 0 aliphatic carbocycles. The third-order valence-electron chi connectivity index (χ3n) is 4.22. The van der Waals surface area contributed by atoms with Gasteiger partial charge in [0.1, 0.15) is 11.4 Å². The Bertz CT molecular complexity index is 1020. The summed E-state index contributed by atoms with van der Waals surface area (Å²) in [4.78, 5) is 15.3. The molecule has 134 valence electrons. The van der Waals surface area contributed by atoms with Gasteiger partial charge in [0, 0.05) is 34.7 Å². The van der Waals surface area contributed by atoms with Gasteiger partial charge in [0.2, 0.25) is 6.79 Å². The quantitative estimate of drug-likeness (QED) is 0.502. The fourth-order valence-electron chi connectivity index (χ4n) is 3.01. The molecule has 1 aliphatic heterocycles. The van der Waals surface area contributed by atoms with Crippen molar-refractivity contribution in [2.24, 2.45) is 0 Å². The monoisotopic (exact) mass is 374 g/mol. The second kappa shape index (κ2) is 6.68. The number of benzene rings is 2. The van der Waals surface area contributed by atoms with Crippen LogP contribution in [0.2, 0.25) is 0 Å². The van der Waals surface area contributed by atoms with Crippen molar-refractivity contribution in [3.8, 4) is 28.5 Å². The summed E-state index contributed by atoms with van der Waals surface area (Å²) in [5.41, 5.74) is 2.77. The van der Waals surface area contributed by atoms with Crippen molar-refractivity contribution in [2.75, 3.05) is 13.9 Å². The Kier molecular flexibility index (Phi) is 4.56. The van der Waals surface area contributed by atoms with E-state index < -0.39 is 4.92 Å². The molecular formula is C18H15ClN2O5. The molecule has 0 saturated carbocycles. The van der Waals surface area contributed by atoms with Crippen LogP contribution in [0.15, 0.2) is 36.4 Å². The van der Waals surface area contributed by atoms with Crippen molar-refractivity contribution in [3.05, 3.63) is 52.1 Å². The van der Waals surface area contributed by atoms with Crippen LogP contribution in [0.25, 0.3) is 22.2 Å². The molecule has 8 heteroatoms. The van der Waals surface area contributed by atoms with Crippen LogP contribution in [0, 0.1) is 17.0 Å². The number of rotatable bonds is 3. The van der Waals surface area contributed by atoms with E-state index in [4.69, 9.17) is 14.2 Å². The maximum absolute atomic E-state index is 11.1. The minimum atomic E-state index is -0.429. The zero-order valence-corrected chi connectivity index (χ0v) is 14.8. The molecule has 0 bridgehead atoms. The molecule has 1 aliphatic rings. The van der Waals surface area contributed by atoms with Crippen molar-refractivity contribution in [3.63, 3.8) is 0 Å². The number of non-ortho nitro benzene ring substituents is 1. The van der Waals surface area contributed by atoms with E-state index in [-0.39, 0.29) is 24.9 Å². The highest BCUT2D eigenvalue weighted by Crippen LogP contribution is 2.41. The largest absolute Gasteiger partial charge is 0.494 e. The lowest BCUT2D eigenvalue weighted by atomic mass is 10.0. The number of pyridine rings is 1. The summed E-state index contributed by atoms with van der Waals surface area (Å²) in [7, 11) is 1.56. The van der Waals surface area contributed by atoms with Gasteiger partial charge in [-0.2, -0.15) is 0 Å². The number of halogens is 1. The summed E-state index contributed by atoms with van der Waals surface area (Å²) in [6.45, 7) is 2.10. The lowest BCUT2D eigenvalue weighted by Gasteiger charge is -2.14. The highest BCUT2D eigenvalue weighted by Gasteiger charge is 2.21. The third kappa shape index (κ3) is 2.76. The molecular weight excluding hydrogens is 360 g/mol. The fourth-order valence-corrected chi connectivity index (χ4v) is 3.01. The summed E-state index contributed by atoms with van der Waals surface area (Å²) < 4.78 is 16.4. The van der Waals surface area contributed by atoms with Crippen LogP contribution in [0.5, 0.6) is 17.2 Å². The SMILES string of the molecule is COc1c(-c2cccc([N+](=O)[O-])c2)nc2cc3c(cc2c1C)OCO3.Cl. The van der Waals surface area contributed by atoms with E-state index in [0.717, 1.165) is 10.9 Å². The van der Waals surface area contributed by atoms with Crippen molar-refractivity contribution in [1.82, 2.24) is 4.98 Å². The van der Waals surface area contributed by atoms with Gasteiger partial charge in [-0.3, -0.25) is 10.1 Å².